The number of aryl methyl sites for hydroxylation is 1. The molecule has 2 aromatic heterocycles. The van der Waals surface area contributed by atoms with Crippen LogP contribution in [0.3, 0.4) is 0 Å². The van der Waals surface area contributed by atoms with Crippen molar-refractivity contribution >= 4 is 44.7 Å². The Morgan fingerprint density at radius 3 is 2.42 bits per heavy atom. The number of rotatable bonds is 9. The molecule has 0 fully saturated rings. The van der Waals surface area contributed by atoms with Crippen molar-refractivity contribution in [1.29, 1.82) is 0 Å². The molecule has 0 radical (unpaired) electrons. The summed E-state index contributed by atoms with van der Waals surface area (Å²) in [6.45, 7) is 1.68. The van der Waals surface area contributed by atoms with Gasteiger partial charge in [0, 0.05) is 29.6 Å². The van der Waals surface area contributed by atoms with Crippen LogP contribution in [0.15, 0.2) is 131 Å². The fraction of sp³-hybridized carbons (Fsp3) is 0.103. The van der Waals surface area contributed by atoms with Crippen LogP contribution in [-0.4, -0.2) is 23.1 Å². The summed E-state index contributed by atoms with van der Waals surface area (Å²) in [7, 11) is 0. The van der Waals surface area contributed by atoms with Crippen molar-refractivity contribution in [1.82, 2.24) is 10.3 Å². The zero-order chi connectivity index (χ0) is 33.0. The Balaban J connectivity index is 1.11. The molecule has 2 N–H and O–H groups in total. The normalized spacial score (nSPS) is 11.8. The van der Waals surface area contributed by atoms with Crippen molar-refractivity contribution in [3.63, 3.8) is 0 Å². The van der Waals surface area contributed by atoms with Crippen LogP contribution < -0.4 is 20.2 Å². The number of aromatic amines is 1. The van der Waals surface area contributed by atoms with E-state index < -0.39 is 18.1 Å². The summed E-state index contributed by atoms with van der Waals surface area (Å²) in [5.74, 6) is 0.266. The predicted molar refractivity (Wildman–Crippen MR) is 182 cm³/mol. The van der Waals surface area contributed by atoms with Crippen LogP contribution in [0.1, 0.15) is 16.9 Å². The Hall–Kier alpha value is -6.35. The van der Waals surface area contributed by atoms with Gasteiger partial charge in [0.2, 0.25) is 11.2 Å². The van der Waals surface area contributed by atoms with Gasteiger partial charge in [0.1, 0.15) is 35.5 Å². The van der Waals surface area contributed by atoms with Crippen molar-refractivity contribution in [2.45, 2.75) is 26.0 Å². The number of amides is 1. The van der Waals surface area contributed by atoms with Gasteiger partial charge in [-0.1, -0.05) is 78.9 Å². The highest BCUT2D eigenvalue weighted by Gasteiger charge is 2.26. The average molecular weight is 639 g/mol. The molecule has 48 heavy (non-hydrogen) atoms. The first kappa shape index (κ1) is 30.3. The van der Waals surface area contributed by atoms with Crippen molar-refractivity contribution in [2.75, 3.05) is 0 Å². The van der Waals surface area contributed by atoms with Gasteiger partial charge in [-0.05, 0) is 59.2 Å². The van der Waals surface area contributed by atoms with Crippen LogP contribution in [0.4, 0.5) is 4.79 Å². The van der Waals surface area contributed by atoms with Gasteiger partial charge in [0.05, 0.1) is 5.39 Å². The molecule has 0 bridgehead atoms. The van der Waals surface area contributed by atoms with E-state index in [0.29, 0.717) is 5.75 Å². The fourth-order valence-electron chi connectivity index (χ4n) is 5.61. The number of carbonyl (C=O) groups excluding carboxylic acids is 2. The summed E-state index contributed by atoms with van der Waals surface area (Å²) in [4.78, 5) is 43.1. The molecule has 5 aromatic carbocycles. The maximum atomic E-state index is 13.6. The summed E-state index contributed by atoms with van der Waals surface area (Å²) >= 11 is 0. The third-order valence-corrected chi connectivity index (χ3v) is 8.03. The second kappa shape index (κ2) is 13.2. The van der Waals surface area contributed by atoms with Gasteiger partial charge in [-0.15, -0.1) is 0 Å². The largest absolute Gasteiger partial charge is 0.457 e. The van der Waals surface area contributed by atoms with Gasteiger partial charge in [-0.3, -0.25) is 4.79 Å². The first-order valence-electron chi connectivity index (χ1n) is 15.4. The minimum atomic E-state index is -1.09. The lowest BCUT2D eigenvalue weighted by Gasteiger charge is -2.18. The van der Waals surface area contributed by atoms with Crippen molar-refractivity contribution in [3.8, 4) is 17.2 Å². The van der Waals surface area contributed by atoms with Gasteiger partial charge < -0.3 is 28.9 Å². The lowest BCUT2D eigenvalue weighted by molar-refractivity contribution is -0.136. The molecule has 1 atom stereocenters. The molecule has 2 heterocycles. The summed E-state index contributed by atoms with van der Waals surface area (Å²) in [5.41, 5.74) is 2.38. The number of nitrogens with one attached hydrogen (secondary N) is 2. The SMILES string of the molecule is Cc1oc2cc(OC(=O)[C@@H](Cc3c[nH]c4ccccc34)NC(=O)OCc3ccccc3)ccc2c(=O)c1Oc1ccc2ccccc2c1. The number of ether oxygens (including phenoxy) is 3. The molecular weight excluding hydrogens is 608 g/mol. The number of fused-ring (bicyclic) bond motifs is 3. The average Bonchev–Trinajstić information content (AvgIpc) is 3.51. The van der Waals surface area contributed by atoms with E-state index in [1.807, 2.05) is 91.0 Å². The lowest BCUT2D eigenvalue weighted by Crippen LogP contribution is -2.44. The summed E-state index contributed by atoms with van der Waals surface area (Å²) in [5, 5.41) is 5.87. The van der Waals surface area contributed by atoms with Crippen LogP contribution in [0, 0.1) is 6.92 Å². The minimum Gasteiger partial charge on any atom is -0.457 e. The van der Waals surface area contributed by atoms with Gasteiger partial charge in [-0.25, -0.2) is 9.59 Å². The van der Waals surface area contributed by atoms with E-state index >= 15 is 0 Å². The molecule has 0 saturated carbocycles. The maximum absolute atomic E-state index is 13.6. The predicted octanol–water partition coefficient (Wildman–Crippen LogP) is 7.97. The van der Waals surface area contributed by atoms with E-state index in [9.17, 15) is 14.4 Å². The smallest absolute Gasteiger partial charge is 0.408 e. The van der Waals surface area contributed by atoms with Crippen LogP contribution >= 0.6 is 0 Å². The molecule has 1 amide bonds. The fourth-order valence-corrected chi connectivity index (χ4v) is 5.61. The van der Waals surface area contributed by atoms with Crippen molar-refractivity contribution in [3.05, 3.63) is 149 Å². The van der Waals surface area contributed by atoms with Crippen LogP contribution in [-0.2, 0) is 22.6 Å². The molecule has 0 aliphatic rings. The number of alkyl carbamates (subject to hydrolysis) is 1. The molecule has 7 aromatic rings. The number of benzene rings is 5. The molecule has 9 heteroatoms. The highest BCUT2D eigenvalue weighted by molar-refractivity contribution is 5.88. The van der Waals surface area contributed by atoms with Crippen LogP contribution in [0.25, 0.3) is 32.6 Å². The highest BCUT2D eigenvalue weighted by Crippen LogP contribution is 2.29. The molecule has 9 nitrogen and oxygen atoms in total. The van der Waals surface area contributed by atoms with Gasteiger partial charge in [-0.2, -0.15) is 0 Å². The standard InChI is InChI=1S/C39H30N2O7/c1-24-37(47-29-16-15-26-11-5-6-12-27(26)19-29)36(42)32-18-17-30(21-35(32)46-24)48-38(43)34(20-28-22-40-33-14-8-7-13-31(28)33)41-39(44)45-23-25-9-3-2-4-10-25/h2-19,21-22,34,40H,20,23H2,1H3,(H,41,44)/t34-/m1/s1. The molecule has 0 aliphatic heterocycles. The van der Waals surface area contributed by atoms with Gasteiger partial charge >= 0.3 is 12.1 Å². The Kier molecular flexibility index (Phi) is 8.32. The Labute approximate surface area is 274 Å². The van der Waals surface area contributed by atoms with E-state index in [1.54, 1.807) is 19.2 Å². The molecule has 7 rings (SSSR count). The number of aromatic nitrogens is 1. The number of para-hydroxylation sites is 1. The number of hydrogen-bond acceptors (Lipinski definition) is 7. The van der Waals surface area contributed by atoms with E-state index in [2.05, 4.69) is 10.3 Å². The molecular formula is C39H30N2O7. The van der Waals surface area contributed by atoms with Crippen molar-refractivity contribution < 1.29 is 28.2 Å². The van der Waals surface area contributed by atoms with Crippen molar-refractivity contribution in [2.24, 2.45) is 0 Å². The second-order valence-electron chi connectivity index (χ2n) is 11.3. The zero-order valence-corrected chi connectivity index (χ0v) is 25.9. The monoisotopic (exact) mass is 638 g/mol. The Bertz CT molecular complexity index is 2340. The number of carbonyl (C=O) groups is 2. The van der Waals surface area contributed by atoms with Crippen LogP contribution in [0.5, 0.6) is 17.2 Å². The third-order valence-electron chi connectivity index (χ3n) is 8.03. The van der Waals surface area contributed by atoms with Crippen LogP contribution in [0.2, 0.25) is 0 Å². The second-order valence-corrected chi connectivity index (χ2v) is 11.3. The van der Waals surface area contributed by atoms with Gasteiger partial charge in [0.25, 0.3) is 0 Å². The third kappa shape index (κ3) is 6.47. The van der Waals surface area contributed by atoms with E-state index in [4.69, 9.17) is 18.6 Å². The van der Waals surface area contributed by atoms with E-state index in [-0.39, 0.29) is 46.7 Å². The number of H-pyrrole nitrogens is 1. The summed E-state index contributed by atoms with van der Waals surface area (Å²) < 4.78 is 23.1. The van der Waals surface area contributed by atoms with E-state index in [1.165, 1.54) is 18.2 Å². The first-order chi connectivity index (χ1) is 23.4. The highest BCUT2D eigenvalue weighted by atomic mass is 16.6. The quantitative estimate of drug-likeness (QED) is 0.122. The van der Waals surface area contributed by atoms with Gasteiger partial charge in [0.15, 0.2) is 0 Å². The first-order valence-corrected chi connectivity index (χ1v) is 15.4. The van der Waals surface area contributed by atoms with E-state index in [0.717, 1.165) is 32.8 Å². The minimum absolute atomic E-state index is 0.0388. The molecule has 0 saturated heterocycles. The molecule has 0 unspecified atom stereocenters. The molecule has 0 spiro atoms. The molecule has 0 aliphatic carbocycles. The zero-order valence-electron chi connectivity index (χ0n) is 25.9. The number of hydrogen-bond donors (Lipinski definition) is 2. The Morgan fingerprint density at radius 2 is 1.56 bits per heavy atom. The number of esters is 1. The maximum Gasteiger partial charge on any atom is 0.408 e. The summed E-state index contributed by atoms with van der Waals surface area (Å²) in [6.07, 6.45) is 1.17. The Morgan fingerprint density at radius 1 is 0.812 bits per heavy atom. The summed E-state index contributed by atoms with van der Waals surface area (Å²) in [6, 6.07) is 33.7. The topological polar surface area (TPSA) is 120 Å². The lowest BCUT2D eigenvalue weighted by atomic mass is 10.1. The molecule has 238 valence electrons.